The number of aryl methyl sites for hydroxylation is 1. The number of aliphatic hydroxyl groups is 1. The van der Waals surface area contributed by atoms with Crippen molar-refractivity contribution in [3.05, 3.63) is 83.1 Å². The van der Waals surface area contributed by atoms with Crippen molar-refractivity contribution in [1.29, 1.82) is 0 Å². The van der Waals surface area contributed by atoms with E-state index < -0.39 is 29.3 Å². The van der Waals surface area contributed by atoms with E-state index in [1.807, 2.05) is 12.1 Å². The van der Waals surface area contributed by atoms with Crippen LogP contribution in [0.25, 0.3) is 0 Å². The first-order valence-corrected chi connectivity index (χ1v) is 13.3. The molecule has 1 saturated heterocycles. The van der Waals surface area contributed by atoms with Gasteiger partial charge in [-0.2, -0.15) is 13.2 Å². The number of hydrogen-bond donors (Lipinski definition) is 1. The summed E-state index contributed by atoms with van der Waals surface area (Å²) in [6, 6.07) is 10.9. The van der Waals surface area contributed by atoms with E-state index in [1.54, 1.807) is 11.6 Å². The van der Waals surface area contributed by atoms with Crippen molar-refractivity contribution in [3.8, 4) is 5.88 Å². The van der Waals surface area contributed by atoms with Crippen molar-refractivity contribution in [1.82, 2.24) is 19.4 Å². The van der Waals surface area contributed by atoms with E-state index in [9.17, 15) is 27.5 Å². The number of aromatic nitrogens is 2. The lowest BCUT2D eigenvalue weighted by atomic mass is 9.99. The Balaban J connectivity index is 1.11. The summed E-state index contributed by atoms with van der Waals surface area (Å²) in [7, 11) is 1.72. The highest BCUT2D eigenvalue weighted by Crippen LogP contribution is 2.52. The van der Waals surface area contributed by atoms with Crippen LogP contribution in [0.3, 0.4) is 0 Å². The lowest BCUT2D eigenvalue weighted by Gasteiger charge is -2.30. The highest BCUT2D eigenvalue weighted by molar-refractivity contribution is 5.70. The molecular formula is C29H30F4N4O3. The molecule has 1 aliphatic heterocycles. The minimum Gasteiger partial charge on any atom is -0.389 e. The van der Waals surface area contributed by atoms with Gasteiger partial charge in [0, 0.05) is 52.6 Å². The standard InChI is InChI=1S/C29H30F4N4O3/c1-35-15-26(34-17-35)40-27(38)37(11-18-6-7-25(30)24(8-18)29(31,32)33)14-23-21-12-36(13-22(21)23)16-28(39)9-19-4-2-3-5-20(19)10-28/h2-8,15,17,21-23,39H,9-14,16H2,1H3. The average molecular weight is 559 g/mol. The molecule has 7 nitrogen and oxygen atoms in total. The number of benzene rings is 2. The van der Waals surface area contributed by atoms with Gasteiger partial charge in [0.15, 0.2) is 0 Å². The normalized spacial score (nSPS) is 23.1. The summed E-state index contributed by atoms with van der Waals surface area (Å²) in [5.41, 5.74) is 0.358. The van der Waals surface area contributed by atoms with E-state index in [-0.39, 0.29) is 23.9 Å². The zero-order valence-corrected chi connectivity index (χ0v) is 21.9. The van der Waals surface area contributed by atoms with Crippen LogP contribution in [0.1, 0.15) is 22.3 Å². The molecule has 1 amide bonds. The summed E-state index contributed by atoms with van der Waals surface area (Å²) >= 11 is 0. The number of hydrogen-bond acceptors (Lipinski definition) is 5. The molecule has 2 atom stereocenters. The number of fused-ring (bicyclic) bond motifs is 2. The highest BCUT2D eigenvalue weighted by Gasteiger charge is 2.57. The zero-order chi connectivity index (χ0) is 28.2. The van der Waals surface area contributed by atoms with Crippen molar-refractivity contribution in [3.63, 3.8) is 0 Å². The molecule has 0 spiro atoms. The van der Waals surface area contributed by atoms with Crippen LogP contribution in [0.4, 0.5) is 22.4 Å². The zero-order valence-electron chi connectivity index (χ0n) is 21.9. The molecule has 2 aliphatic carbocycles. The molecule has 3 aliphatic rings. The van der Waals surface area contributed by atoms with Crippen LogP contribution in [-0.4, -0.2) is 62.3 Å². The number of nitrogens with zero attached hydrogens (tertiary/aromatic N) is 4. The van der Waals surface area contributed by atoms with Gasteiger partial charge >= 0.3 is 12.3 Å². The third kappa shape index (κ3) is 5.44. The van der Waals surface area contributed by atoms with Gasteiger partial charge < -0.3 is 19.3 Å². The van der Waals surface area contributed by atoms with E-state index in [0.717, 1.165) is 25.2 Å². The van der Waals surface area contributed by atoms with Gasteiger partial charge in [0.1, 0.15) is 5.82 Å². The number of ether oxygens (including phenoxy) is 1. The molecule has 3 aromatic rings. The summed E-state index contributed by atoms with van der Waals surface area (Å²) in [6.45, 7) is 2.27. The number of imidazole rings is 1. The Hall–Kier alpha value is -3.44. The second-order valence-corrected chi connectivity index (χ2v) is 11.5. The molecule has 1 N–H and O–H groups in total. The second-order valence-electron chi connectivity index (χ2n) is 11.5. The van der Waals surface area contributed by atoms with E-state index in [1.165, 1.54) is 34.6 Å². The van der Waals surface area contributed by atoms with E-state index in [4.69, 9.17) is 4.74 Å². The maximum Gasteiger partial charge on any atom is 0.419 e. The molecule has 2 unspecified atom stereocenters. The number of alkyl halides is 3. The molecule has 2 heterocycles. The third-order valence-corrected chi connectivity index (χ3v) is 8.39. The number of likely N-dealkylation sites (tertiary alicyclic amines) is 1. The quantitative estimate of drug-likeness (QED) is 0.439. The molecule has 1 saturated carbocycles. The Labute approximate surface area is 229 Å². The number of piperidine rings is 1. The van der Waals surface area contributed by atoms with Crippen molar-refractivity contribution in [2.45, 2.75) is 31.2 Å². The highest BCUT2D eigenvalue weighted by atomic mass is 19.4. The number of amides is 1. The minimum absolute atomic E-state index is 0.0838. The first-order valence-electron chi connectivity index (χ1n) is 13.3. The predicted octanol–water partition coefficient (Wildman–Crippen LogP) is 4.29. The molecule has 212 valence electrons. The van der Waals surface area contributed by atoms with Crippen molar-refractivity contribution >= 4 is 6.09 Å². The number of rotatable bonds is 7. The van der Waals surface area contributed by atoms with E-state index in [0.29, 0.717) is 37.8 Å². The molecule has 2 fully saturated rings. The first kappa shape index (κ1) is 26.8. The molecule has 1 aromatic heterocycles. The summed E-state index contributed by atoms with van der Waals surface area (Å²) in [5, 5.41) is 11.2. The van der Waals surface area contributed by atoms with E-state index >= 15 is 0 Å². The molecule has 6 rings (SSSR count). The van der Waals surface area contributed by atoms with Gasteiger partial charge in [-0.05, 0) is 46.6 Å². The Morgan fingerprint density at radius 2 is 1.82 bits per heavy atom. The van der Waals surface area contributed by atoms with Crippen LogP contribution in [0.5, 0.6) is 5.88 Å². The summed E-state index contributed by atoms with van der Waals surface area (Å²) in [6.07, 6.45) is -1.32. The largest absolute Gasteiger partial charge is 0.419 e. The Bertz CT molecular complexity index is 1390. The van der Waals surface area contributed by atoms with Gasteiger partial charge in [-0.1, -0.05) is 30.3 Å². The van der Waals surface area contributed by atoms with E-state index in [2.05, 4.69) is 22.0 Å². The Morgan fingerprint density at radius 1 is 1.15 bits per heavy atom. The fourth-order valence-corrected chi connectivity index (χ4v) is 6.50. The van der Waals surface area contributed by atoms with Gasteiger partial charge in [-0.3, -0.25) is 4.90 Å². The summed E-state index contributed by atoms with van der Waals surface area (Å²) < 4.78 is 60.8. The Kier molecular flexibility index (Phi) is 6.61. The SMILES string of the molecule is Cn1cnc(OC(=O)N(Cc2ccc(F)c(C(F)(F)F)c2)CC2C3CN(CC4(O)Cc5ccccc5C4)CC32)c1. The lowest BCUT2D eigenvalue weighted by molar-refractivity contribution is -0.140. The van der Waals surface area contributed by atoms with Crippen molar-refractivity contribution < 1.29 is 32.2 Å². The maximum absolute atomic E-state index is 13.9. The fourth-order valence-electron chi connectivity index (χ4n) is 6.50. The number of β-amino-alcohol motifs (C(OH)–C–C–N with tert-alkyl or cyclic N) is 1. The van der Waals surface area contributed by atoms with Crippen LogP contribution in [0.2, 0.25) is 0 Å². The van der Waals surface area contributed by atoms with Crippen LogP contribution >= 0.6 is 0 Å². The molecular weight excluding hydrogens is 528 g/mol. The van der Waals surface area contributed by atoms with Gasteiger partial charge in [0.2, 0.25) is 5.88 Å². The van der Waals surface area contributed by atoms with Gasteiger partial charge in [-0.25, -0.2) is 14.2 Å². The van der Waals surface area contributed by atoms with Crippen molar-refractivity contribution in [2.24, 2.45) is 24.8 Å². The summed E-state index contributed by atoms with van der Waals surface area (Å²) in [5.74, 6) is -0.485. The monoisotopic (exact) mass is 558 g/mol. The predicted molar refractivity (Wildman–Crippen MR) is 137 cm³/mol. The van der Waals surface area contributed by atoms with Crippen LogP contribution in [-0.2, 0) is 32.6 Å². The minimum atomic E-state index is -4.85. The number of carbonyl (C=O) groups is 1. The fraction of sp³-hybridized carbons (Fsp3) is 0.448. The first-order chi connectivity index (χ1) is 19.0. The average Bonchev–Trinajstić information content (AvgIpc) is 3.24. The lowest BCUT2D eigenvalue weighted by Crippen LogP contribution is -2.44. The maximum atomic E-state index is 13.9. The molecule has 0 bridgehead atoms. The second kappa shape index (κ2) is 9.88. The smallest absolute Gasteiger partial charge is 0.389 e. The van der Waals surface area contributed by atoms with Crippen molar-refractivity contribution in [2.75, 3.05) is 26.2 Å². The number of halogens is 4. The topological polar surface area (TPSA) is 70.8 Å². The molecule has 11 heteroatoms. The van der Waals surface area contributed by atoms with Crippen LogP contribution in [0, 0.1) is 23.6 Å². The molecule has 40 heavy (non-hydrogen) atoms. The van der Waals surface area contributed by atoms with Gasteiger partial charge in [0.05, 0.1) is 23.7 Å². The molecule has 2 aromatic carbocycles. The Morgan fingerprint density at radius 3 is 2.42 bits per heavy atom. The van der Waals surface area contributed by atoms with Crippen LogP contribution in [0.15, 0.2) is 55.0 Å². The van der Waals surface area contributed by atoms with Crippen LogP contribution < -0.4 is 4.74 Å². The summed E-state index contributed by atoms with van der Waals surface area (Å²) in [4.78, 5) is 20.8. The number of carbonyl (C=O) groups excluding carboxylic acids is 1. The molecule has 0 radical (unpaired) electrons. The third-order valence-electron chi connectivity index (χ3n) is 8.39. The van der Waals surface area contributed by atoms with Gasteiger partial charge in [0.25, 0.3) is 0 Å². The van der Waals surface area contributed by atoms with Gasteiger partial charge in [-0.15, -0.1) is 0 Å².